The molecule has 0 amide bonds. The summed E-state index contributed by atoms with van der Waals surface area (Å²) < 4.78 is 0. The molecule has 0 aliphatic heterocycles. The molecule has 1 rings (SSSR count). The van der Waals surface area contributed by atoms with Crippen molar-refractivity contribution < 1.29 is 0 Å². The van der Waals surface area contributed by atoms with Crippen LogP contribution in [-0.2, 0) is 0 Å². The number of likely N-dealkylation sites (N-methyl/N-ethyl adjacent to an activating group) is 1. The van der Waals surface area contributed by atoms with Gasteiger partial charge in [-0.1, -0.05) is 19.3 Å². The largest absolute Gasteiger partial charge is 0.329 e. The summed E-state index contributed by atoms with van der Waals surface area (Å²) in [5.74, 6) is 2.05. The third kappa shape index (κ3) is 3.94. The van der Waals surface area contributed by atoms with Crippen molar-refractivity contribution in [2.24, 2.45) is 11.7 Å². The molecule has 0 spiro atoms. The van der Waals surface area contributed by atoms with Crippen LogP contribution in [0.2, 0.25) is 0 Å². The van der Waals surface area contributed by atoms with E-state index in [1.54, 1.807) is 0 Å². The fourth-order valence-corrected chi connectivity index (χ4v) is 3.61. The third-order valence-corrected chi connectivity index (χ3v) is 4.88. The normalized spacial score (nSPS) is 22.3. The minimum atomic E-state index is 0.599. The van der Waals surface area contributed by atoms with Crippen molar-refractivity contribution in [2.75, 3.05) is 25.6 Å². The van der Waals surface area contributed by atoms with Crippen LogP contribution in [0.4, 0.5) is 0 Å². The van der Waals surface area contributed by atoms with E-state index in [0.717, 1.165) is 12.5 Å². The SMILES string of the molecule is CSCC(C)N(C)C(CN)C1CCCCC1. The van der Waals surface area contributed by atoms with Crippen molar-refractivity contribution in [3.63, 3.8) is 0 Å². The van der Waals surface area contributed by atoms with Crippen molar-refractivity contribution >= 4 is 11.8 Å². The Morgan fingerprint density at radius 3 is 2.44 bits per heavy atom. The highest BCUT2D eigenvalue weighted by molar-refractivity contribution is 7.98. The van der Waals surface area contributed by atoms with E-state index in [1.165, 1.54) is 37.9 Å². The Hall–Kier alpha value is 0.270. The van der Waals surface area contributed by atoms with Gasteiger partial charge in [0.05, 0.1) is 0 Å². The molecule has 1 saturated carbocycles. The molecule has 1 aliphatic carbocycles. The van der Waals surface area contributed by atoms with Gasteiger partial charge in [0.1, 0.15) is 0 Å². The maximum Gasteiger partial charge on any atom is 0.0246 e. The molecule has 2 atom stereocenters. The fraction of sp³-hybridized carbons (Fsp3) is 1.00. The first-order chi connectivity index (χ1) is 7.70. The highest BCUT2D eigenvalue weighted by atomic mass is 32.2. The van der Waals surface area contributed by atoms with Gasteiger partial charge in [0.2, 0.25) is 0 Å². The molecule has 0 radical (unpaired) electrons. The van der Waals surface area contributed by atoms with Crippen LogP contribution in [0.25, 0.3) is 0 Å². The van der Waals surface area contributed by atoms with Crippen molar-refractivity contribution in [3.8, 4) is 0 Å². The maximum absolute atomic E-state index is 5.99. The molecule has 2 nitrogen and oxygen atoms in total. The van der Waals surface area contributed by atoms with E-state index >= 15 is 0 Å². The number of rotatable bonds is 6. The molecule has 0 aromatic rings. The minimum Gasteiger partial charge on any atom is -0.329 e. The predicted octanol–water partition coefficient (Wildman–Crippen LogP) is 2.58. The van der Waals surface area contributed by atoms with Crippen LogP contribution in [0.1, 0.15) is 39.0 Å². The Labute approximate surface area is 105 Å². The summed E-state index contributed by atoms with van der Waals surface area (Å²) >= 11 is 1.93. The quantitative estimate of drug-likeness (QED) is 0.779. The van der Waals surface area contributed by atoms with Gasteiger partial charge in [0, 0.05) is 24.4 Å². The molecule has 2 unspecified atom stereocenters. The first-order valence-electron chi connectivity index (χ1n) is 6.61. The van der Waals surface area contributed by atoms with Crippen LogP contribution >= 0.6 is 11.8 Å². The molecule has 0 bridgehead atoms. The molecule has 0 heterocycles. The predicted molar refractivity (Wildman–Crippen MR) is 75.0 cm³/mol. The number of thioether (sulfide) groups is 1. The topological polar surface area (TPSA) is 29.3 Å². The summed E-state index contributed by atoms with van der Waals surface area (Å²) in [4.78, 5) is 2.52. The number of hydrogen-bond donors (Lipinski definition) is 1. The fourth-order valence-electron chi connectivity index (χ4n) is 2.90. The van der Waals surface area contributed by atoms with Gasteiger partial charge in [-0.05, 0) is 39.0 Å². The van der Waals surface area contributed by atoms with E-state index < -0.39 is 0 Å². The summed E-state index contributed by atoms with van der Waals surface area (Å²) in [5, 5.41) is 0. The van der Waals surface area contributed by atoms with Crippen LogP contribution in [0, 0.1) is 5.92 Å². The van der Waals surface area contributed by atoms with E-state index in [2.05, 4.69) is 25.1 Å². The highest BCUT2D eigenvalue weighted by Gasteiger charge is 2.27. The Balaban J connectivity index is 2.50. The van der Waals surface area contributed by atoms with E-state index in [1.807, 2.05) is 11.8 Å². The van der Waals surface area contributed by atoms with E-state index in [-0.39, 0.29) is 0 Å². The highest BCUT2D eigenvalue weighted by Crippen LogP contribution is 2.29. The van der Waals surface area contributed by atoms with Crippen LogP contribution in [0.5, 0.6) is 0 Å². The van der Waals surface area contributed by atoms with Crippen LogP contribution in [0.15, 0.2) is 0 Å². The second kappa shape index (κ2) is 7.57. The lowest BCUT2D eigenvalue weighted by Gasteiger charge is -2.39. The zero-order chi connectivity index (χ0) is 12.0. The molecule has 0 aromatic carbocycles. The van der Waals surface area contributed by atoms with Crippen LogP contribution in [0.3, 0.4) is 0 Å². The lowest BCUT2D eigenvalue weighted by atomic mass is 9.83. The molecule has 96 valence electrons. The summed E-state index contributed by atoms with van der Waals surface area (Å²) in [5.41, 5.74) is 5.99. The molecule has 3 heteroatoms. The van der Waals surface area contributed by atoms with Gasteiger partial charge in [-0.15, -0.1) is 0 Å². The smallest absolute Gasteiger partial charge is 0.0246 e. The van der Waals surface area contributed by atoms with Crippen molar-refractivity contribution in [1.82, 2.24) is 4.90 Å². The van der Waals surface area contributed by atoms with Crippen LogP contribution < -0.4 is 5.73 Å². The molecule has 0 aromatic heterocycles. The second-order valence-corrected chi connectivity index (χ2v) is 6.08. The molecular weight excluding hydrogens is 216 g/mol. The summed E-state index contributed by atoms with van der Waals surface area (Å²) in [6.45, 7) is 3.14. The first kappa shape index (κ1) is 14.3. The van der Waals surface area contributed by atoms with Gasteiger partial charge in [0.25, 0.3) is 0 Å². The number of hydrogen-bond acceptors (Lipinski definition) is 3. The van der Waals surface area contributed by atoms with Gasteiger partial charge in [-0.3, -0.25) is 4.90 Å². The lowest BCUT2D eigenvalue weighted by molar-refractivity contribution is 0.122. The Morgan fingerprint density at radius 2 is 1.94 bits per heavy atom. The zero-order valence-electron chi connectivity index (χ0n) is 11.1. The monoisotopic (exact) mass is 244 g/mol. The van der Waals surface area contributed by atoms with Gasteiger partial charge in [0.15, 0.2) is 0 Å². The van der Waals surface area contributed by atoms with Crippen molar-refractivity contribution in [2.45, 2.75) is 51.1 Å². The van der Waals surface area contributed by atoms with E-state index in [4.69, 9.17) is 5.73 Å². The van der Waals surface area contributed by atoms with E-state index in [0.29, 0.717) is 12.1 Å². The zero-order valence-corrected chi connectivity index (χ0v) is 11.9. The Morgan fingerprint density at radius 1 is 1.31 bits per heavy atom. The average Bonchev–Trinajstić information content (AvgIpc) is 2.31. The van der Waals surface area contributed by atoms with Gasteiger partial charge < -0.3 is 5.73 Å². The van der Waals surface area contributed by atoms with Gasteiger partial charge in [-0.25, -0.2) is 0 Å². The second-order valence-electron chi connectivity index (χ2n) is 5.17. The molecule has 2 N–H and O–H groups in total. The van der Waals surface area contributed by atoms with Crippen molar-refractivity contribution in [3.05, 3.63) is 0 Å². The van der Waals surface area contributed by atoms with Crippen molar-refractivity contribution in [1.29, 1.82) is 0 Å². The maximum atomic E-state index is 5.99. The first-order valence-corrected chi connectivity index (χ1v) is 8.01. The lowest BCUT2D eigenvalue weighted by Crippen LogP contribution is -2.48. The third-order valence-electron chi connectivity index (χ3n) is 4.06. The Kier molecular flexibility index (Phi) is 6.78. The summed E-state index contributed by atoms with van der Waals surface area (Å²) in [7, 11) is 2.26. The molecule has 16 heavy (non-hydrogen) atoms. The molecule has 0 saturated heterocycles. The van der Waals surface area contributed by atoms with E-state index in [9.17, 15) is 0 Å². The van der Waals surface area contributed by atoms with Crippen LogP contribution in [-0.4, -0.2) is 42.6 Å². The minimum absolute atomic E-state index is 0.599. The molecule has 1 fully saturated rings. The molecule has 1 aliphatic rings. The molecular formula is C13H28N2S. The standard InChI is InChI=1S/C13H28N2S/c1-11(10-16-3)15(2)13(9-14)12-7-5-4-6-8-12/h11-13H,4-10,14H2,1-3H3. The van der Waals surface area contributed by atoms with Gasteiger partial charge >= 0.3 is 0 Å². The van der Waals surface area contributed by atoms with Gasteiger partial charge in [-0.2, -0.15) is 11.8 Å². The Bertz CT molecular complexity index is 181. The average molecular weight is 244 g/mol. The summed E-state index contributed by atoms with van der Waals surface area (Å²) in [6.07, 6.45) is 9.20. The number of nitrogens with two attached hydrogens (primary N) is 1. The number of nitrogens with zero attached hydrogens (tertiary/aromatic N) is 1. The summed E-state index contributed by atoms with van der Waals surface area (Å²) in [6, 6.07) is 1.24.